The number of anilines is 2. The zero-order valence-electron chi connectivity index (χ0n) is 13.2. The smallest absolute Gasteiger partial charge is 0.231 e. The highest BCUT2D eigenvalue weighted by Crippen LogP contribution is 2.39. The summed E-state index contributed by atoms with van der Waals surface area (Å²) in [6.07, 6.45) is 2.00. The van der Waals surface area contributed by atoms with Crippen molar-refractivity contribution < 1.29 is 4.79 Å². The van der Waals surface area contributed by atoms with Gasteiger partial charge in [-0.1, -0.05) is 41.3 Å². The van der Waals surface area contributed by atoms with Crippen LogP contribution in [-0.2, 0) is 4.79 Å². The second kappa shape index (κ2) is 7.20. The fourth-order valence-corrected chi connectivity index (χ4v) is 3.87. The fourth-order valence-electron chi connectivity index (χ4n) is 2.30. The molecular formula is C16H17N5OS2. The second-order valence-electron chi connectivity index (χ2n) is 5.79. The molecule has 0 aliphatic heterocycles. The van der Waals surface area contributed by atoms with Gasteiger partial charge in [-0.15, -0.1) is 10.2 Å². The van der Waals surface area contributed by atoms with Crippen LogP contribution in [0.2, 0.25) is 0 Å². The van der Waals surface area contributed by atoms with E-state index in [4.69, 9.17) is 0 Å². The lowest BCUT2D eigenvalue weighted by Crippen LogP contribution is -2.47. The highest BCUT2D eigenvalue weighted by Gasteiger charge is 2.42. The molecule has 6 nitrogen and oxygen atoms in total. The molecule has 2 aromatic rings. The molecule has 1 fully saturated rings. The number of carbonyl (C=O) groups excluding carboxylic acids is 1. The summed E-state index contributed by atoms with van der Waals surface area (Å²) >= 11 is 2.72. The zero-order chi connectivity index (χ0) is 17.0. The van der Waals surface area contributed by atoms with Gasteiger partial charge in [0.2, 0.25) is 11.0 Å². The van der Waals surface area contributed by atoms with E-state index in [9.17, 15) is 10.1 Å². The lowest BCUT2D eigenvalue weighted by Gasteiger charge is -2.22. The van der Waals surface area contributed by atoms with Gasteiger partial charge >= 0.3 is 0 Å². The molecule has 0 spiro atoms. The average molecular weight is 359 g/mol. The number of rotatable bonds is 7. The number of para-hydroxylation sites is 1. The maximum Gasteiger partial charge on any atom is 0.231 e. The van der Waals surface area contributed by atoms with Crippen LogP contribution in [0.1, 0.15) is 19.8 Å². The van der Waals surface area contributed by atoms with Crippen LogP contribution < -0.4 is 10.6 Å². The number of carbonyl (C=O) groups is 1. The van der Waals surface area contributed by atoms with Gasteiger partial charge in [0.1, 0.15) is 5.54 Å². The van der Waals surface area contributed by atoms with E-state index in [1.165, 1.54) is 23.1 Å². The molecule has 0 saturated heterocycles. The summed E-state index contributed by atoms with van der Waals surface area (Å²) in [4.78, 5) is 12.1. The van der Waals surface area contributed by atoms with Crippen molar-refractivity contribution in [2.45, 2.75) is 29.6 Å². The number of nitriles is 1. The van der Waals surface area contributed by atoms with Crippen molar-refractivity contribution in [3.8, 4) is 6.07 Å². The predicted molar refractivity (Wildman–Crippen MR) is 95.2 cm³/mol. The number of amides is 1. The van der Waals surface area contributed by atoms with E-state index < -0.39 is 5.54 Å². The summed E-state index contributed by atoms with van der Waals surface area (Å²) in [5, 5.41) is 24.1. The first-order chi connectivity index (χ1) is 11.6. The van der Waals surface area contributed by atoms with Gasteiger partial charge in [0.25, 0.3) is 0 Å². The Balaban J connectivity index is 1.50. The van der Waals surface area contributed by atoms with Crippen LogP contribution in [0.3, 0.4) is 0 Å². The third-order valence-electron chi connectivity index (χ3n) is 3.78. The molecule has 0 radical (unpaired) electrons. The van der Waals surface area contributed by atoms with Gasteiger partial charge in [-0.25, -0.2) is 0 Å². The Morgan fingerprint density at radius 1 is 1.42 bits per heavy atom. The van der Waals surface area contributed by atoms with Crippen molar-refractivity contribution in [2.75, 3.05) is 11.1 Å². The average Bonchev–Trinajstić information content (AvgIpc) is 3.36. The first-order valence-corrected chi connectivity index (χ1v) is 9.40. The Morgan fingerprint density at radius 2 is 2.17 bits per heavy atom. The molecule has 24 heavy (non-hydrogen) atoms. The molecule has 1 aromatic carbocycles. The molecule has 3 rings (SSSR count). The van der Waals surface area contributed by atoms with Crippen molar-refractivity contribution in [1.29, 1.82) is 5.26 Å². The number of benzene rings is 1. The van der Waals surface area contributed by atoms with Gasteiger partial charge < -0.3 is 10.6 Å². The molecule has 1 atom stereocenters. The van der Waals surface area contributed by atoms with Crippen LogP contribution in [0.15, 0.2) is 34.7 Å². The predicted octanol–water partition coefficient (Wildman–Crippen LogP) is 3.18. The monoisotopic (exact) mass is 359 g/mol. The highest BCUT2D eigenvalue weighted by molar-refractivity contribution is 8.01. The minimum absolute atomic E-state index is 0.149. The zero-order valence-corrected chi connectivity index (χ0v) is 14.8. The largest absolute Gasteiger partial charge is 0.337 e. The van der Waals surface area contributed by atoms with Crippen molar-refractivity contribution in [3.63, 3.8) is 0 Å². The summed E-state index contributed by atoms with van der Waals surface area (Å²) in [7, 11) is 0. The van der Waals surface area contributed by atoms with E-state index >= 15 is 0 Å². The van der Waals surface area contributed by atoms with E-state index in [1.807, 2.05) is 30.3 Å². The first kappa shape index (κ1) is 16.7. The number of nitrogens with one attached hydrogen (secondary N) is 2. The third kappa shape index (κ3) is 4.24. The highest BCUT2D eigenvalue weighted by atomic mass is 32.2. The summed E-state index contributed by atoms with van der Waals surface area (Å²) in [6.45, 7) is 1.79. The van der Waals surface area contributed by atoms with E-state index in [-0.39, 0.29) is 17.6 Å². The molecule has 1 amide bonds. The number of nitrogens with zero attached hydrogens (tertiary/aromatic N) is 3. The molecule has 1 aliphatic rings. The molecule has 1 aromatic heterocycles. The minimum Gasteiger partial charge on any atom is -0.337 e. The lowest BCUT2D eigenvalue weighted by molar-refractivity contribution is -0.119. The summed E-state index contributed by atoms with van der Waals surface area (Å²) in [5.74, 6) is 0.354. The summed E-state index contributed by atoms with van der Waals surface area (Å²) in [5.41, 5.74) is 0.191. The Kier molecular flexibility index (Phi) is 5.02. The molecule has 0 unspecified atom stereocenters. The van der Waals surface area contributed by atoms with Crippen molar-refractivity contribution in [3.05, 3.63) is 30.3 Å². The van der Waals surface area contributed by atoms with Gasteiger partial charge in [0, 0.05) is 5.69 Å². The summed E-state index contributed by atoms with van der Waals surface area (Å²) in [6, 6.07) is 11.9. The molecule has 1 saturated carbocycles. The normalized spacial score (nSPS) is 16.0. The van der Waals surface area contributed by atoms with Crippen LogP contribution in [0.25, 0.3) is 0 Å². The van der Waals surface area contributed by atoms with Crippen molar-refractivity contribution in [1.82, 2.24) is 15.5 Å². The van der Waals surface area contributed by atoms with E-state index in [1.54, 1.807) is 6.92 Å². The number of aromatic nitrogens is 2. The van der Waals surface area contributed by atoms with Crippen LogP contribution in [-0.4, -0.2) is 27.4 Å². The fraction of sp³-hybridized carbons (Fsp3) is 0.375. The van der Waals surface area contributed by atoms with Gasteiger partial charge in [-0.05, 0) is 37.8 Å². The Morgan fingerprint density at radius 3 is 2.83 bits per heavy atom. The summed E-state index contributed by atoms with van der Waals surface area (Å²) < 4.78 is 0.716. The van der Waals surface area contributed by atoms with Gasteiger partial charge in [0.15, 0.2) is 4.34 Å². The molecule has 8 heteroatoms. The maximum absolute atomic E-state index is 12.1. The number of thioether (sulfide) groups is 1. The van der Waals surface area contributed by atoms with Gasteiger partial charge in [0.05, 0.1) is 11.8 Å². The van der Waals surface area contributed by atoms with E-state index in [0.29, 0.717) is 9.47 Å². The number of hydrogen-bond donors (Lipinski definition) is 2. The van der Waals surface area contributed by atoms with Crippen molar-refractivity contribution >= 4 is 39.8 Å². The molecule has 1 heterocycles. The minimum atomic E-state index is -0.751. The Hall–Kier alpha value is -2.11. The SMILES string of the molecule is C[C@](C#N)(NC(=O)CSc1nnc(Nc2ccccc2)s1)C1CC1. The quantitative estimate of drug-likeness (QED) is 0.738. The van der Waals surface area contributed by atoms with Crippen LogP contribution >= 0.6 is 23.1 Å². The van der Waals surface area contributed by atoms with Crippen molar-refractivity contribution in [2.24, 2.45) is 5.92 Å². The van der Waals surface area contributed by atoms with Gasteiger partial charge in [-0.3, -0.25) is 4.79 Å². The standard InChI is InChI=1S/C16H17N5OS2/c1-16(10-17,11-7-8-11)19-13(22)9-23-15-21-20-14(24-15)18-12-5-3-2-4-6-12/h2-6,11H,7-9H2,1H3,(H,18,20)(H,19,22)/t16-/m1/s1. The van der Waals surface area contributed by atoms with Gasteiger partial charge in [-0.2, -0.15) is 5.26 Å². The molecule has 124 valence electrons. The topological polar surface area (TPSA) is 90.7 Å². The first-order valence-electron chi connectivity index (χ1n) is 7.60. The third-order valence-corrected chi connectivity index (χ3v) is 5.76. The van der Waals surface area contributed by atoms with Crippen LogP contribution in [0, 0.1) is 17.2 Å². The molecule has 0 bridgehead atoms. The molecular weight excluding hydrogens is 342 g/mol. The Bertz CT molecular complexity index is 753. The maximum atomic E-state index is 12.1. The van der Waals surface area contributed by atoms with E-state index in [2.05, 4.69) is 26.9 Å². The second-order valence-corrected chi connectivity index (χ2v) is 7.99. The van der Waals surface area contributed by atoms with Crippen LogP contribution in [0.4, 0.5) is 10.8 Å². The Labute approximate surface area is 148 Å². The molecule has 1 aliphatic carbocycles. The van der Waals surface area contributed by atoms with Crippen LogP contribution in [0.5, 0.6) is 0 Å². The van der Waals surface area contributed by atoms with E-state index in [0.717, 1.165) is 18.5 Å². The lowest BCUT2D eigenvalue weighted by atomic mass is 9.98. The molecule has 2 N–H and O–H groups in total. The number of hydrogen-bond acceptors (Lipinski definition) is 7.